The lowest BCUT2D eigenvalue weighted by Crippen LogP contribution is -2.46. The van der Waals surface area contributed by atoms with E-state index >= 15 is 0 Å². The molecule has 0 saturated carbocycles. The summed E-state index contributed by atoms with van der Waals surface area (Å²) in [6.07, 6.45) is 2.34. The third-order valence-corrected chi connectivity index (χ3v) is 4.37. The molecule has 0 aliphatic carbocycles. The number of carbonyl (C=O) groups is 1. The van der Waals surface area contributed by atoms with Gasteiger partial charge in [-0.25, -0.2) is 0 Å². The monoisotopic (exact) mass is 277 g/mol. The molecule has 0 aromatic heterocycles. The van der Waals surface area contributed by atoms with Gasteiger partial charge < -0.3 is 10.8 Å². The van der Waals surface area contributed by atoms with Crippen LogP contribution in [0.15, 0.2) is 12.1 Å². The lowest BCUT2D eigenvalue weighted by molar-refractivity contribution is -0.143. The minimum atomic E-state index is -1.15. The van der Waals surface area contributed by atoms with Crippen molar-refractivity contribution < 1.29 is 9.90 Å². The molecule has 0 aliphatic heterocycles. The van der Waals surface area contributed by atoms with Crippen LogP contribution >= 0.6 is 0 Å². The van der Waals surface area contributed by atoms with Crippen LogP contribution in [0.1, 0.15) is 48.9 Å². The maximum Gasteiger partial charge on any atom is 0.323 e. The summed E-state index contributed by atoms with van der Waals surface area (Å²) in [5.41, 5.74) is 9.98. The van der Waals surface area contributed by atoms with E-state index in [1.165, 1.54) is 22.3 Å². The van der Waals surface area contributed by atoms with Gasteiger partial charge in [0.25, 0.3) is 0 Å². The molecule has 0 heterocycles. The van der Waals surface area contributed by atoms with Gasteiger partial charge in [-0.2, -0.15) is 0 Å². The molecule has 2 unspecified atom stereocenters. The molecule has 1 aromatic carbocycles. The quantitative estimate of drug-likeness (QED) is 0.838. The smallest absolute Gasteiger partial charge is 0.323 e. The lowest BCUT2D eigenvalue weighted by Gasteiger charge is -2.26. The SMILES string of the molecule is CCC(Cc1c(C)ccc(C)c1C)CC(C)(N)C(=O)O. The molecule has 112 valence electrons. The summed E-state index contributed by atoms with van der Waals surface area (Å²) in [4.78, 5) is 11.2. The largest absolute Gasteiger partial charge is 0.480 e. The molecule has 0 saturated heterocycles. The van der Waals surface area contributed by atoms with Gasteiger partial charge in [-0.05, 0) is 68.7 Å². The highest BCUT2D eigenvalue weighted by molar-refractivity contribution is 5.77. The number of carboxylic acid groups (broad SMARTS) is 1. The second-order valence-electron chi connectivity index (χ2n) is 6.21. The summed E-state index contributed by atoms with van der Waals surface area (Å²) >= 11 is 0. The molecule has 3 nitrogen and oxygen atoms in total. The van der Waals surface area contributed by atoms with Gasteiger partial charge in [0, 0.05) is 0 Å². The van der Waals surface area contributed by atoms with Crippen molar-refractivity contribution in [2.24, 2.45) is 11.7 Å². The summed E-state index contributed by atoms with van der Waals surface area (Å²) < 4.78 is 0. The van der Waals surface area contributed by atoms with Gasteiger partial charge in [-0.15, -0.1) is 0 Å². The number of aliphatic carboxylic acids is 1. The van der Waals surface area contributed by atoms with E-state index in [1.54, 1.807) is 6.92 Å². The first-order chi connectivity index (χ1) is 9.19. The van der Waals surface area contributed by atoms with Crippen LogP contribution in [0, 0.1) is 26.7 Å². The van der Waals surface area contributed by atoms with Crippen LogP contribution in [0.25, 0.3) is 0 Å². The Kier molecular flexibility index (Phi) is 5.35. The molecule has 1 rings (SSSR count). The Hall–Kier alpha value is -1.35. The summed E-state index contributed by atoms with van der Waals surface area (Å²) in [7, 11) is 0. The molecule has 0 aliphatic rings. The van der Waals surface area contributed by atoms with Gasteiger partial charge in [0.05, 0.1) is 0 Å². The molecule has 3 heteroatoms. The van der Waals surface area contributed by atoms with E-state index in [9.17, 15) is 9.90 Å². The van der Waals surface area contributed by atoms with Crippen LogP contribution < -0.4 is 5.73 Å². The highest BCUT2D eigenvalue weighted by atomic mass is 16.4. The Morgan fingerprint density at radius 3 is 2.35 bits per heavy atom. The molecule has 0 spiro atoms. The number of nitrogens with two attached hydrogens (primary N) is 1. The number of hydrogen-bond acceptors (Lipinski definition) is 2. The van der Waals surface area contributed by atoms with Crippen LogP contribution in [-0.2, 0) is 11.2 Å². The predicted molar refractivity (Wildman–Crippen MR) is 83.0 cm³/mol. The second kappa shape index (κ2) is 6.40. The number of hydrogen-bond donors (Lipinski definition) is 2. The first-order valence-electron chi connectivity index (χ1n) is 7.27. The van der Waals surface area contributed by atoms with Crippen molar-refractivity contribution >= 4 is 5.97 Å². The summed E-state index contributed by atoms with van der Waals surface area (Å²) in [6.45, 7) is 10.1. The third-order valence-electron chi connectivity index (χ3n) is 4.37. The maximum atomic E-state index is 11.2. The fraction of sp³-hybridized carbons (Fsp3) is 0.588. The Balaban J connectivity index is 2.95. The first kappa shape index (κ1) is 16.7. The summed E-state index contributed by atoms with van der Waals surface area (Å²) in [5, 5.41) is 9.18. The van der Waals surface area contributed by atoms with Crippen molar-refractivity contribution in [1.29, 1.82) is 0 Å². The zero-order valence-electron chi connectivity index (χ0n) is 13.3. The molecule has 0 fully saturated rings. The van der Waals surface area contributed by atoms with Crippen LogP contribution in [0.3, 0.4) is 0 Å². The Morgan fingerprint density at radius 2 is 1.85 bits per heavy atom. The van der Waals surface area contributed by atoms with Gasteiger partial charge >= 0.3 is 5.97 Å². The fourth-order valence-corrected chi connectivity index (χ4v) is 2.66. The second-order valence-corrected chi connectivity index (χ2v) is 6.21. The van der Waals surface area contributed by atoms with Crippen molar-refractivity contribution in [1.82, 2.24) is 0 Å². The van der Waals surface area contributed by atoms with Crippen LogP contribution in [-0.4, -0.2) is 16.6 Å². The topological polar surface area (TPSA) is 63.3 Å². The lowest BCUT2D eigenvalue weighted by atomic mass is 9.82. The molecule has 20 heavy (non-hydrogen) atoms. The minimum Gasteiger partial charge on any atom is -0.480 e. The molecule has 2 atom stereocenters. The normalized spacial score (nSPS) is 15.7. The van der Waals surface area contributed by atoms with Gasteiger partial charge in [0.1, 0.15) is 5.54 Å². The van der Waals surface area contributed by atoms with E-state index in [0.717, 1.165) is 12.8 Å². The van der Waals surface area contributed by atoms with Crippen LogP contribution in [0.4, 0.5) is 0 Å². The zero-order valence-corrected chi connectivity index (χ0v) is 13.3. The molecular formula is C17H27NO2. The zero-order chi connectivity index (χ0) is 15.5. The highest BCUT2D eigenvalue weighted by Gasteiger charge is 2.31. The van der Waals surface area contributed by atoms with Gasteiger partial charge in [0.15, 0.2) is 0 Å². The molecular weight excluding hydrogens is 250 g/mol. The van der Waals surface area contributed by atoms with E-state index in [-0.39, 0.29) is 0 Å². The van der Waals surface area contributed by atoms with Crippen molar-refractivity contribution in [2.75, 3.05) is 0 Å². The van der Waals surface area contributed by atoms with Gasteiger partial charge in [0.2, 0.25) is 0 Å². The molecule has 0 bridgehead atoms. The maximum absolute atomic E-state index is 11.2. The summed E-state index contributed by atoms with van der Waals surface area (Å²) in [6, 6.07) is 4.28. The van der Waals surface area contributed by atoms with Gasteiger partial charge in [-0.3, -0.25) is 4.79 Å². The molecule has 1 aromatic rings. The minimum absolute atomic E-state index is 0.292. The van der Waals surface area contributed by atoms with Crippen molar-refractivity contribution in [3.05, 3.63) is 34.4 Å². The van der Waals surface area contributed by atoms with Crippen molar-refractivity contribution in [2.45, 2.75) is 59.4 Å². The number of aryl methyl sites for hydroxylation is 2. The predicted octanol–water partition coefficient (Wildman–Crippen LogP) is 3.37. The van der Waals surface area contributed by atoms with Crippen molar-refractivity contribution in [3.63, 3.8) is 0 Å². The Bertz CT molecular complexity index is 492. The fourth-order valence-electron chi connectivity index (χ4n) is 2.66. The number of benzene rings is 1. The Labute approximate surface area is 122 Å². The summed E-state index contributed by atoms with van der Waals surface area (Å²) in [5.74, 6) is -0.631. The van der Waals surface area contributed by atoms with E-state index in [2.05, 4.69) is 39.8 Å². The average Bonchev–Trinajstić information content (AvgIpc) is 2.37. The van der Waals surface area contributed by atoms with Crippen molar-refractivity contribution in [3.8, 4) is 0 Å². The van der Waals surface area contributed by atoms with Gasteiger partial charge in [-0.1, -0.05) is 25.5 Å². The standard InChI is InChI=1S/C17H27NO2/c1-6-14(10-17(5,18)16(19)20)9-15-12(3)8-7-11(2)13(15)4/h7-8,14H,6,9-10,18H2,1-5H3,(H,19,20). The number of rotatable bonds is 6. The van der Waals surface area contributed by atoms with Crippen LogP contribution in [0.2, 0.25) is 0 Å². The van der Waals surface area contributed by atoms with E-state index in [4.69, 9.17) is 5.73 Å². The molecule has 0 radical (unpaired) electrons. The third kappa shape index (κ3) is 3.83. The first-order valence-corrected chi connectivity index (χ1v) is 7.27. The van der Waals surface area contributed by atoms with Crippen LogP contribution in [0.5, 0.6) is 0 Å². The highest BCUT2D eigenvalue weighted by Crippen LogP contribution is 2.26. The van der Waals surface area contributed by atoms with E-state index < -0.39 is 11.5 Å². The Morgan fingerprint density at radius 1 is 1.30 bits per heavy atom. The number of carboxylic acids is 1. The van der Waals surface area contributed by atoms with E-state index in [1.807, 2.05) is 0 Å². The van der Waals surface area contributed by atoms with E-state index in [0.29, 0.717) is 12.3 Å². The molecule has 0 amide bonds. The average molecular weight is 277 g/mol. The molecule has 3 N–H and O–H groups in total.